The Morgan fingerprint density at radius 3 is 2.62 bits per heavy atom. The smallest absolute Gasteiger partial charge is 0.323 e. The zero-order valence-electron chi connectivity index (χ0n) is 16.0. The van der Waals surface area contributed by atoms with Crippen LogP contribution in [0.3, 0.4) is 0 Å². The molecule has 0 amide bonds. The lowest BCUT2D eigenvalue weighted by Gasteiger charge is -2.25. The van der Waals surface area contributed by atoms with Gasteiger partial charge in [0.1, 0.15) is 35.7 Å². The number of carbonyl (C=O) groups excluding carboxylic acids is 1. The number of rotatable bonds is 4. The van der Waals surface area contributed by atoms with Crippen molar-refractivity contribution in [3.8, 4) is 5.88 Å². The number of aromatic hydroxyl groups is 1. The minimum absolute atomic E-state index is 0.0475. The molecule has 1 aliphatic heterocycles. The van der Waals surface area contributed by atoms with Crippen LogP contribution in [0.5, 0.6) is 5.88 Å². The number of fused-ring (bicyclic) bond motifs is 1. The average Bonchev–Trinajstić information content (AvgIpc) is 3.08. The second-order valence-electron chi connectivity index (χ2n) is 7.82. The van der Waals surface area contributed by atoms with Crippen LogP contribution >= 0.6 is 11.3 Å². The number of aromatic nitrogens is 3. The van der Waals surface area contributed by atoms with E-state index in [-0.39, 0.29) is 22.9 Å². The number of esters is 1. The summed E-state index contributed by atoms with van der Waals surface area (Å²) in [5, 5.41) is 30.6. The molecule has 0 radical (unpaired) electrons. The summed E-state index contributed by atoms with van der Waals surface area (Å²) >= 11 is 0.633. The molecule has 3 rings (SSSR count). The summed E-state index contributed by atoms with van der Waals surface area (Å²) in [6.07, 6.45) is -5.42. The minimum atomic E-state index is -1.52. The largest absolute Gasteiger partial charge is 0.492 e. The number of hydrogen-bond donors (Lipinski definition) is 5. The molecule has 160 valence electrons. The van der Waals surface area contributed by atoms with Crippen LogP contribution < -0.4 is 16.3 Å². The van der Waals surface area contributed by atoms with E-state index in [4.69, 9.17) is 20.9 Å². The normalized spacial score (nSPS) is 26.0. The molecule has 13 heteroatoms. The highest BCUT2D eigenvalue weighted by Gasteiger charge is 2.46. The molecule has 2 aromatic rings. The molecule has 2 aromatic heterocycles. The van der Waals surface area contributed by atoms with Gasteiger partial charge < -0.3 is 36.3 Å². The third-order valence-electron chi connectivity index (χ3n) is 4.63. The van der Waals surface area contributed by atoms with E-state index in [1.807, 2.05) is 0 Å². The van der Waals surface area contributed by atoms with Crippen LogP contribution in [-0.4, -0.2) is 66.8 Å². The molecule has 0 spiro atoms. The Bertz CT molecular complexity index is 984. The molecular weight excluding hydrogens is 406 g/mol. The van der Waals surface area contributed by atoms with E-state index in [0.717, 1.165) is 4.57 Å². The first-order valence-electron chi connectivity index (χ1n) is 8.73. The van der Waals surface area contributed by atoms with Crippen LogP contribution in [0.15, 0.2) is 4.79 Å². The maximum Gasteiger partial charge on any atom is 0.323 e. The van der Waals surface area contributed by atoms with Crippen molar-refractivity contribution in [3.63, 3.8) is 0 Å². The first kappa shape index (κ1) is 21.4. The average molecular weight is 429 g/mol. The van der Waals surface area contributed by atoms with Crippen LogP contribution in [0.4, 0.5) is 5.95 Å². The van der Waals surface area contributed by atoms with E-state index in [2.05, 4.69) is 9.97 Å². The fourth-order valence-corrected chi connectivity index (χ4v) is 3.67. The number of aliphatic hydroxyl groups excluding tert-OH is 2. The van der Waals surface area contributed by atoms with Gasteiger partial charge >= 0.3 is 10.8 Å². The monoisotopic (exact) mass is 429 g/mol. The maximum absolute atomic E-state index is 12.4. The van der Waals surface area contributed by atoms with Gasteiger partial charge in [-0.15, -0.1) is 0 Å². The Hall–Kier alpha value is -2.32. The fraction of sp³-hybridized carbons (Fsp3) is 0.625. The highest BCUT2D eigenvalue weighted by atomic mass is 32.1. The number of hydrogen-bond acceptors (Lipinski definition) is 12. The number of nitrogens with two attached hydrogens (primary N) is 2. The molecule has 29 heavy (non-hydrogen) atoms. The second-order valence-corrected chi connectivity index (χ2v) is 8.78. The fourth-order valence-electron chi connectivity index (χ4n) is 2.83. The predicted octanol–water partition coefficient (Wildman–Crippen LogP) is -1.32. The van der Waals surface area contributed by atoms with Crippen LogP contribution in [0.2, 0.25) is 0 Å². The van der Waals surface area contributed by atoms with Crippen molar-refractivity contribution >= 4 is 33.6 Å². The van der Waals surface area contributed by atoms with Crippen LogP contribution in [0.1, 0.15) is 27.0 Å². The van der Waals surface area contributed by atoms with E-state index >= 15 is 0 Å². The van der Waals surface area contributed by atoms with Crippen LogP contribution in [0.25, 0.3) is 10.3 Å². The van der Waals surface area contributed by atoms with E-state index in [0.29, 0.717) is 11.3 Å². The minimum Gasteiger partial charge on any atom is -0.492 e. The van der Waals surface area contributed by atoms with Gasteiger partial charge in [-0.3, -0.25) is 14.2 Å². The number of nitrogen functional groups attached to an aromatic ring is 1. The van der Waals surface area contributed by atoms with Gasteiger partial charge in [-0.1, -0.05) is 32.1 Å². The van der Waals surface area contributed by atoms with Crippen molar-refractivity contribution in [1.29, 1.82) is 0 Å². The molecule has 1 fully saturated rings. The quantitative estimate of drug-likeness (QED) is 0.361. The first-order chi connectivity index (χ1) is 13.4. The molecule has 0 saturated carbocycles. The third-order valence-corrected chi connectivity index (χ3v) is 5.57. The van der Waals surface area contributed by atoms with Crippen molar-refractivity contribution < 1.29 is 29.6 Å². The van der Waals surface area contributed by atoms with Crippen molar-refractivity contribution in [1.82, 2.24) is 14.5 Å². The van der Waals surface area contributed by atoms with Crippen molar-refractivity contribution in [2.75, 3.05) is 12.3 Å². The molecule has 0 aromatic carbocycles. The van der Waals surface area contributed by atoms with Crippen LogP contribution in [0, 0.1) is 5.41 Å². The van der Waals surface area contributed by atoms with Gasteiger partial charge in [0.05, 0.1) is 0 Å². The van der Waals surface area contributed by atoms with Gasteiger partial charge in [-0.05, 0) is 5.41 Å². The molecule has 5 atom stereocenters. The first-order valence-corrected chi connectivity index (χ1v) is 9.54. The summed E-state index contributed by atoms with van der Waals surface area (Å²) in [5.74, 6) is -1.45. The van der Waals surface area contributed by atoms with Crippen molar-refractivity contribution in [3.05, 3.63) is 9.67 Å². The maximum atomic E-state index is 12.4. The van der Waals surface area contributed by atoms with Gasteiger partial charge in [0.15, 0.2) is 11.9 Å². The summed E-state index contributed by atoms with van der Waals surface area (Å²) in [6.45, 7) is 4.95. The van der Waals surface area contributed by atoms with Crippen LogP contribution in [-0.2, 0) is 14.3 Å². The number of nitrogens with zero attached hydrogens (tertiary/aromatic N) is 3. The van der Waals surface area contributed by atoms with E-state index < -0.39 is 52.7 Å². The SMILES string of the molecule is CC(C)(C)[C@H](N)C(=O)OC[C@H]1O[C@@H](n2c(=O)sc3c(O)nc(N)nc32)[C@H](O)[C@@H]1O. The molecule has 0 aliphatic carbocycles. The van der Waals surface area contributed by atoms with E-state index in [1.54, 1.807) is 20.8 Å². The van der Waals surface area contributed by atoms with Crippen molar-refractivity contribution in [2.45, 2.75) is 51.4 Å². The molecule has 12 nitrogen and oxygen atoms in total. The van der Waals surface area contributed by atoms with Gasteiger partial charge in [-0.2, -0.15) is 9.97 Å². The summed E-state index contributed by atoms with van der Waals surface area (Å²) < 4.78 is 11.7. The zero-order valence-corrected chi connectivity index (χ0v) is 16.8. The van der Waals surface area contributed by atoms with Gasteiger partial charge in [0.2, 0.25) is 11.8 Å². The Balaban J connectivity index is 1.82. The summed E-state index contributed by atoms with van der Waals surface area (Å²) in [5.41, 5.74) is 10.8. The number of ether oxygens (including phenoxy) is 2. The molecule has 7 N–H and O–H groups in total. The highest BCUT2D eigenvalue weighted by Crippen LogP contribution is 2.34. The van der Waals surface area contributed by atoms with Gasteiger partial charge in [-0.25, -0.2) is 0 Å². The number of aliphatic hydroxyl groups is 2. The number of anilines is 1. The lowest BCUT2D eigenvalue weighted by atomic mass is 9.87. The molecule has 0 unspecified atom stereocenters. The molecule has 3 heterocycles. The summed E-state index contributed by atoms with van der Waals surface area (Å²) in [7, 11) is 0. The Morgan fingerprint density at radius 2 is 2.00 bits per heavy atom. The lowest BCUT2D eigenvalue weighted by Crippen LogP contribution is -2.44. The van der Waals surface area contributed by atoms with E-state index in [9.17, 15) is 24.9 Å². The highest BCUT2D eigenvalue weighted by molar-refractivity contribution is 7.16. The topological polar surface area (TPSA) is 196 Å². The zero-order chi connectivity index (χ0) is 21.7. The second kappa shape index (κ2) is 7.50. The lowest BCUT2D eigenvalue weighted by molar-refractivity contribution is -0.154. The predicted molar refractivity (Wildman–Crippen MR) is 102 cm³/mol. The third kappa shape index (κ3) is 3.91. The summed E-state index contributed by atoms with van der Waals surface area (Å²) in [6, 6.07) is -0.896. The molecule has 0 bridgehead atoms. The Morgan fingerprint density at radius 1 is 1.34 bits per heavy atom. The molecule has 1 saturated heterocycles. The Labute approximate surface area is 168 Å². The molecule has 1 aliphatic rings. The van der Waals surface area contributed by atoms with E-state index in [1.165, 1.54) is 0 Å². The number of carbonyl (C=O) groups is 1. The molecular formula is C16H23N5O7S. The standard InChI is InChI=1S/C16H23N5O7S/c1-16(2,3)9(17)13(25)27-4-5-6(22)7(23)12(28-5)21-10-8(29-15(21)26)11(24)20-14(18)19-10/h5-7,9,12,22-23H,4,17H2,1-3H3,(H3,18,19,20,24)/t5-,6-,7-,9-,12-/m1/s1. The van der Waals surface area contributed by atoms with Gasteiger partial charge in [0, 0.05) is 0 Å². The number of thiazole rings is 1. The van der Waals surface area contributed by atoms with Crippen molar-refractivity contribution in [2.24, 2.45) is 11.1 Å². The van der Waals surface area contributed by atoms with Gasteiger partial charge in [0.25, 0.3) is 0 Å². The summed E-state index contributed by atoms with van der Waals surface area (Å²) in [4.78, 5) is 31.4. The Kier molecular flexibility index (Phi) is 5.53.